The highest BCUT2D eigenvalue weighted by Crippen LogP contribution is 2.55. The maximum absolute atomic E-state index is 12.3. The van der Waals surface area contributed by atoms with Gasteiger partial charge < -0.3 is 9.72 Å². The number of alkyl halides is 3. The molecule has 0 aliphatic heterocycles. The molecular formula is C20H15F3N6O3. The summed E-state index contributed by atoms with van der Waals surface area (Å²) in [7, 11) is 0. The summed E-state index contributed by atoms with van der Waals surface area (Å²) in [5.74, 6) is 0.122. The molecule has 0 amide bonds. The van der Waals surface area contributed by atoms with Gasteiger partial charge in [-0.3, -0.25) is 14.8 Å². The van der Waals surface area contributed by atoms with Gasteiger partial charge in [0.15, 0.2) is 12.3 Å². The van der Waals surface area contributed by atoms with Crippen LogP contribution in [0.2, 0.25) is 0 Å². The second-order valence-electron chi connectivity index (χ2n) is 7.44. The van der Waals surface area contributed by atoms with Crippen LogP contribution in [0.4, 0.5) is 13.2 Å². The average Bonchev–Trinajstić information content (AvgIpc) is 3.40. The summed E-state index contributed by atoms with van der Waals surface area (Å²) in [6, 6.07) is 4.87. The highest BCUT2D eigenvalue weighted by atomic mass is 19.4. The molecule has 0 aromatic carbocycles. The number of hydrogen-bond acceptors (Lipinski definition) is 6. The summed E-state index contributed by atoms with van der Waals surface area (Å²) in [5, 5.41) is 4.40. The zero-order valence-electron chi connectivity index (χ0n) is 16.3. The minimum Gasteiger partial charge on any atom is -0.483 e. The predicted molar refractivity (Wildman–Crippen MR) is 106 cm³/mol. The number of aromatic nitrogens is 6. The van der Waals surface area contributed by atoms with E-state index in [-0.39, 0.29) is 23.1 Å². The first-order valence-electron chi connectivity index (χ1n) is 9.61. The van der Waals surface area contributed by atoms with Gasteiger partial charge in [0.25, 0.3) is 5.56 Å². The molecule has 1 aliphatic rings. The van der Waals surface area contributed by atoms with E-state index >= 15 is 0 Å². The Kier molecular flexibility index (Phi) is 4.57. The summed E-state index contributed by atoms with van der Waals surface area (Å²) < 4.78 is 43.2. The molecule has 12 heteroatoms. The molecule has 0 saturated heterocycles. The van der Waals surface area contributed by atoms with Crippen LogP contribution in [0, 0.1) is 0 Å². The Balaban J connectivity index is 1.43. The van der Waals surface area contributed by atoms with Crippen molar-refractivity contribution in [1.82, 2.24) is 29.5 Å². The number of H-pyrrole nitrogens is 2. The van der Waals surface area contributed by atoms with Crippen molar-refractivity contribution in [2.24, 2.45) is 0 Å². The molecule has 2 atom stereocenters. The van der Waals surface area contributed by atoms with Crippen LogP contribution in [0.15, 0.2) is 52.6 Å². The minimum absolute atomic E-state index is 0.0382. The van der Waals surface area contributed by atoms with Gasteiger partial charge in [0.05, 0.1) is 17.5 Å². The fraction of sp³-hybridized carbons (Fsp3) is 0.250. The van der Waals surface area contributed by atoms with Crippen LogP contribution in [-0.2, 0) is 0 Å². The van der Waals surface area contributed by atoms with E-state index in [4.69, 9.17) is 4.74 Å². The number of nitrogens with one attached hydrogen (secondary N) is 2. The third kappa shape index (κ3) is 3.86. The van der Waals surface area contributed by atoms with Gasteiger partial charge in [0, 0.05) is 35.8 Å². The molecule has 5 rings (SSSR count). The first-order valence-corrected chi connectivity index (χ1v) is 9.61. The molecule has 1 saturated carbocycles. The van der Waals surface area contributed by atoms with E-state index in [2.05, 4.69) is 25.0 Å². The van der Waals surface area contributed by atoms with Crippen molar-refractivity contribution >= 4 is 5.65 Å². The van der Waals surface area contributed by atoms with E-state index < -0.39 is 24.0 Å². The van der Waals surface area contributed by atoms with Gasteiger partial charge in [-0.05, 0) is 30.5 Å². The van der Waals surface area contributed by atoms with Crippen molar-refractivity contribution in [1.29, 1.82) is 0 Å². The van der Waals surface area contributed by atoms with Crippen molar-refractivity contribution in [2.75, 3.05) is 6.61 Å². The molecule has 2 N–H and O–H groups in total. The zero-order chi connectivity index (χ0) is 22.5. The molecule has 0 unspecified atom stereocenters. The number of fused-ring (bicyclic) bond motifs is 1. The second-order valence-corrected chi connectivity index (χ2v) is 7.44. The Morgan fingerprint density at radius 3 is 2.75 bits per heavy atom. The molecule has 1 fully saturated rings. The number of halogens is 3. The Morgan fingerprint density at radius 1 is 1.19 bits per heavy atom. The van der Waals surface area contributed by atoms with Crippen molar-refractivity contribution in [2.45, 2.75) is 24.4 Å². The second kappa shape index (κ2) is 7.32. The molecule has 164 valence electrons. The average molecular weight is 444 g/mol. The summed E-state index contributed by atoms with van der Waals surface area (Å²) in [5.41, 5.74) is 1.62. The number of rotatable bonds is 5. The van der Waals surface area contributed by atoms with Gasteiger partial charge in [-0.15, -0.1) is 0 Å². The lowest BCUT2D eigenvalue weighted by molar-refractivity contribution is -0.153. The summed E-state index contributed by atoms with van der Waals surface area (Å²) in [6.07, 6.45) is 2.17. The normalized spacial score (nSPS) is 18.1. The van der Waals surface area contributed by atoms with E-state index in [1.165, 1.54) is 18.5 Å². The molecular weight excluding hydrogens is 429 g/mol. The quantitative estimate of drug-likeness (QED) is 0.488. The maximum Gasteiger partial charge on any atom is 0.422 e. The lowest BCUT2D eigenvalue weighted by Gasteiger charge is -2.09. The highest BCUT2D eigenvalue weighted by molar-refractivity contribution is 5.63. The SMILES string of the molecule is O=c1[nH]cc(-c2cc([C@H]3C[C@@H]3c3ccc(OCC(F)(F)F)cn3)c3nccn3n2)c(=O)[nH]1. The molecule has 1 aliphatic carbocycles. The standard InChI is InChI=1S/C20H15F3N6O3/c21-20(22,23)9-32-10-1-2-15(25-7-10)12-5-11(12)13-6-16(28-29-4-3-24-17(13)29)14-8-26-19(31)27-18(14)30/h1-4,6-8,11-12H,5,9H2,(H2,26,27,30,31)/t11-,12-/m0/s1. The first kappa shape index (κ1) is 20.0. The van der Waals surface area contributed by atoms with Crippen LogP contribution < -0.4 is 16.0 Å². The van der Waals surface area contributed by atoms with Crippen molar-refractivity contribution in [3.63, 3.8) is 0 Å². The van der Waals surface area contributed by atoms with Crippen molar-refractivity contribution in [3.05, 3.63) is 75.1 Å². The van der Waals surface area contributed by atoms with E-state index in [0.29, 0.717) is 11.3 Å². The van der Waals surface area contributed by atoms with Crippen LogP contribution in [-0.4, -0.2) is 42.3 Å². The van der Waals surface area contributed by atoms with Gasteiger partial charge in [-0.25, -0.2) is 14.3 Å². The number of imidazole rings is 1. The predicted octanol–water partition coefficient (Wildman–Crippen LogP) is 2.38. The number of aromatic amines is 2. The third-order valence-electron chi connectivity index (χ3n) is 5.21. The Morgan fingerprint density at radius 2 is 2.03 bits per heavy atom. The topological polar surface area (TPSA) is 118 Å². The van der Waals surface area contributed by atoms with Crippen LogP contribution >= 0.6 is 0 Å². The fourth-order valence-electron chi connectivity index (χ4n) is 3.67. The van der Waals surface area contributed by atoms with Gasteiger partial charge in [0.1, 0.15) is 5.75 Å². The van der Waals surface area contributed by atoms with E-state index in [1.54, 1.807) is 29.0 Å². The Bertz CT molecular complexity index is 1410. The van der Waals surface area contributed by atoms with Crippen molar-refractivity contribution < 1.29 is 17.9 Å². The van der Waals surface area contributed by atoms with Crippen LogP contribution in [0.1, 0.15) is 29.5 Å². The van der Waals surface area contributed by atoms with Crippen LogP contribution in [0.25, 0.3) is 16.9 Å². The van der Waals surface area contributed by atoms with Gasteiger partial charge in [-0.1, -0.05) is 0 Å². The van der Waals surface area contributed by atoms with E-state index in [0.717, 1.165) is 17.7 Å². The van der Waals surface area contributed by atoms with Gasteiger partial charge in [-0.2, -0.15) is 18.3 Å². The molecule has 4 aromatic rings. The third-order valence-corrected chi connectivity index (χ3v) is 5.21. The molecule has 0 bridgehead atoms. The van der Waals surface area contributed by atoms with Crippen molar-refractivity contribution in [3.8, 4) is 17.0 Å². The molecule has 0 spiro atoms. The molecule has 0 radical (unpaired) electrons. The Hall–Kier alpha value is -3.96. The van der Waals surface area contributed by atoms with Gasteiger partial charge in [0.2, 0.25) is 0 Å². The van der Waals surface area contributed by atoms with Gasteiger partial charge >= 0.3 is 11.9 Å². The van der Waals surface area contributed by atoms with E-state index in [1.807, 2.05) is 0 Å². The first-order chi connectivity index (χ1) is 15.3. The lowest BCUT2D eigenvalue weighted by atomic mass is 10.1. The molecule has 32 heavy (non-hydrogen) atoms. The molecule has 4 aromatic heterocycles. The summed E-state index contributed by atoms with van der Waals surface area (Å²) in [4.78, 5) is 36.8. The monoisotopic (exact) mass is 444 g/mol. The summed E-state index contributed by atoms with van der Waals surface area (Å²) >= 11 is 0. The highest BCUT2D eigenvalue weighted by Gasteiger charge is 2.42. The Labute approximate surface area is 176 Å². The molecule has 4 heterocycles. The fourth-order valence-corrected chi connectivity index (χ4v) is 3.67. The molecule has 9 nitrogen and oxygen atoms in total. The smallest absolute Gasteiger partial charge is 0.422 e. The number of ether oxygens (including phenoxy) is 1. The van der Waals surface area contributed by atoms with Crippen LogP contribution in [0.3, 0.4) is 0 Å². The summed E-state index contributed by atoms with van der Waals surface area (Å²) in [6.45, 7) is -1.37. The van der Waals surface area contributed by atoms with E-state index in [9.17, 15) is 22.8 Å². The lowest BCUT2D eigenvalue weighted by Crippen LogP contribution is -2.23. The number of nitrogens with zero attached hydrogens (tertiary/aromatic N) is 4. The number of pyridine rings is 1. The van der Waals surface area contributed by atoms with Crippen LogP contribution in [0.5, 0.6) is 5.75 Å². The largest absolute Gasteiger partial charge is 0.483 e. The zero-order valence-corrected chi connectivity index (χ0v) is 16.3. The number of hydrogen-bond donors (Lipinski definition) is 2. The maximum atomic E-state index is 12.3. The minimum atomic E-state index is -4.41.